The van der Waals surface area contributed by atoms with E-state index >= 15 is 0 Å². The molecule has 1 unspecified atom stereocenters. The Bertz CT molecular complexity index is 1250. The van der Waals surface area contributed by atoms with E-state index in [1.54, 1.807) is 6.07 Å². The van der Waals surface area contributed by atoms with Gasteiger partial charge in [-0.3, -0.25) is 0 Å². The molecule has 0 bridgehead atoms. The number of benzene rings is 3. The number of fused-ring (bicyclic) bond motifs is 1. The first-order valence-electron chi connectivity index (χ1n) is 11.5. The average molecular weight is 469 g/mol. The molecule has 0 aliphatic rings. The van der Waals surface area contributed by atoms with Crippen LogP contribution >= 0.6 is 0 Å². The molecule has 0 aliphatic carbocycles. The summed E-state index contributed by atoms with van der Waals surface area (Å²) in [5.74, 6) is 2.05. The fourth-order valence-electron chi connectivity index (χ4n) is 3.93. The van der Waals surface area contributed by atoms with E-state index in [0.717, 1.165) is 41.7 Å². The monoisotopic (exact) mass is 468 g/mol. The molecule has 3 aromatic carbocycles. The molecule has 4 rings (SSSR count). The zero-order valence-corrected chi connectivity index (χ0v) is 19.2. The number of halogens is 3. The van der Waals surface area contributed by atoms with Crippen LogP contribution in [0, 0.1) is 0 Å². The Kier molecular flexibility index (Phi) is 7.20. The smallest absolute Gasteiger partial charge is 0.416 e. The highest BCUT2D eigenvalue weighted by Crippen LogP contribution is 2.32. The molecule has 34 heavy (non-hydrogen) atoms. The van der Waals surface area contributed by atoms with Crippen LogP contribution in [-0.2, 0) is 12.6 Å². The van der Waals surface area contributed by atoms with E-state index in [1.165, 1.54) is 12.1 Å². The summed E-state index contributed by atoms with van der Waals surface area (Å²) in [6, 6.07) is 17.1. The first-order chi connectivity index (χ1) is 16.3. The number of hydrogen-bond donors (Lipinski definition) is 0. The lowest BCUT2D eigenvalue weighted by Crippen LogP contribution is -2.11. The van der Waals surface area contributed by atoms with Crippen molar-refractivity contribution in [2.45, 2.75) is 51.6 Å². The lowest BCUT2D eigenvalue weighted by atomic mass is 10.0. The molecular weight excluding hydrogens is 441 g/mol. The molecule has 0 spiro atoms. The minimum absolute atomic E-state index is 0.151. The second-order valence-electron chi connectivity index (χ2n) is 8.48. The van der Waals surface area contributed by atoms with Gasteiger partial charge in [0.15, 0.2) is 0 Å². The number of unbranched alkanes of at least 4 members (excludes halogenated alkanes) is 1. The van der Waals surface area contributed by atoms with Crippen molar-refractivity contribution in [1.82, 2.24) is 10.1 Å². The normalized spacial score (nSPS) is 12.7. The van der Waals surface area contributed by atoms with Crippen LogP contribution in [-0.4, -0.2) is 16.7 Å². The van der Waals surface area contributed by atoms with Gasteiger partial charge in [-0.25, -0.2) is 0 Å². The predicted molar refractivity (Wildman–Crippen MR) is 126 cm³/mol. The Hall–Kier alpha value is -3.35. The van der Waals surface area contributed by atoms with Crippen LogP contribution in [0.25, 0.3) is 22.2 Å². The van der Waals surface area contributed by atoms with Gasteiger partial charge in [0.1, 0.15) is 5.75 Å². The fourth-order valence-corrected chi connectivity index (χ4v) is 3.93. The minimum atomic E-state index is -4.37. The number of nitrogens with zero attached hydrogens (tertiary/aromatic N) is 2. The van der Waals surface area contributed by atoms with Crippen LogP contribution in [0.4, 0.5) is 13.2 Å². The summed E-state index contributed by atoms with van der Waals surface area (Å²) in [5.41, 5.74) is 0.473. The van der Waals surface area contributed by atoms with Crippen molar-refractivity contribution in [3.8, 4) is 17.1 Å². The standard InChI is InChI=1S/C27H27F3N2O2/c1-3-4-7-18(2)26-31-25(32-34-26)22-11-10-21-17-23(13-12-20(21)16-22)33-15-14-19-8-5-6-9-24(19)27(28,29)30/h5-6,8-13,16-18H,3-4,7,14-15H2,1-2H3. The maximum atomic E-state index is 13.2. The highest BCUT2D eigenvalue weighted by atomic mass is 19.4. The third-order valence-corrected chi connectivity index (χ3v) is 5.89. The van der Waals surface area contributed by atoms with Gasteiger partial charge in [-0.05, 0) is 47.0 Å². The van der Waals surface area contributed by atoms with Crippen molar-refractivity contribution >= 4 is 10.8 Å². The summed E-state index contributed by atoms with van der Waals surface area (Å²) in [4.78, 5) is 4.57. The third kappa shape index (κ3) is 5.58. The SMILES string of the molecule is CCCCC(C)c1nc(-c2ccc3cc(OCCc4ccccc4C(F)(F)F)ccc3c2)no1. The number of ether oxygens (including phenoxy) is 1. The van der Waals surface area contributed by atoms with Gasteiger partial charge in [-0.15, -0.1) is 0 Å². The van der Waals surface area contributed by atoms with Crippen LogP contribution in [0.2, 0.25) is 0 Å². The van der Waals surface area contributed by atoms with Crippen LogP contribution in [0.5, 0.6) is 5.75 Å². The minimum Gasteiger partial charge on any atom is -0.493 e. The molecule has 0 aliphatic heterocycles. The van der Waals surface area contributed by atoms with E-state index in [2.05, 4.69) is 24.0 Å². The number of hydrogen-bond acceptors (Lipinski definition) is 4. The first-order valence-corrected chi connectivity index (χ1v) is 11.5. The topological polar surface area (TPSA) is 48.2 Å². The Morgan fingerprint density at radius 1 is 1.00 bits per heavy atom. The summed E-state index contributed by atoms with van der Waals surface area (Å²) in [6.45, 7) is 4.40. The van der Waals surface area contributed by atoms with E-state index < -0.39 is 11.7 Å². The van der Waals surface area contributed by atoms with Crippen molar-refractivity contribution in [2.24, 2.45) is 0 Å². The van der Waals surface area contributed by atoms with E-state index in [0.29, 0.717) is 17.5 Å². The fraction of sp³-hybridized carbons (Fsp3) is 0.333. The van der Waals surface area contributed by atoms with Gasteiger partial charge in [-0.2, -0.15) is 18.2 Å². The van der Waals surface area contributed by atoms with Gasteiger partial charge in [0, 0.05) is 17.9 Å². The van der Waals surface area contributed by atoms with Crippen molar-refractivity contribution in [2.75, 3.05) is 6.61 Å². The van der Waals surface area contributed by atoms with Gasteiger partial charge >= 0.3 is 6.18 Å². The average Bonchev–Trinajstić information content (AvgIpc) is 3.32. The maximum absolute atomic E-state index is 13.2. The lowest BCUT2D eigenvalue weighted by Gasteiger charge is -2.13. The van der Waals surface area contributed by atoms with Crippen LogP contribution in [0.3, 0.4) is 0 Å². The lowest BCUT2D eigenvalue weighted by molar-refractivity contribution is -0.138. The van der Waals surface area contributed by atoms with E-state index in [4.69, 9.17) is 9.26 Å². The van der Waals surface area contributed by atoms with Crippen molar-refractivity contribution < 1.29 is 22.4 Å². The van der Waals surface area contributed by atoms with Crippen molar-refractivity contribution in [1.29, 1.82) is 0 Å². The summed E-state index contributed by atoms with van der Waals surface area (Å²) in [5, 5.41) is 6.08. The van der Waals surface area contributed by atoms with E-state index in [-0.39, 0.29) is 24.5 Å². The molecule has 0 N–H and O–H groups in total. The van der Waals surface area contributed by atoms with Crippen LogP contribution in [0.15, 0.2) is 65.2 Å². The summed E-state index contributed by atoms with van der Waals surface area (Å²) in [6.07, 6.45) is -0.940. The quantitative estimate of drug-likeness (QED) is 0.251. The van der Waals surface area contributed by atoms with Gasteiger partial charge in [0.2, 0.25) is 11.7 Å². The van der Waals surface area contributed by atoms with Crippen LogP contribution < -0.4 is 4.74 Å². The molecule has 0 fully saturated rings. The van der Waals surface area contributed by atoms with Gasteiger partial charge in [-0.1, -0.05) is 68.2 Å². The maximum Gasteiger partial charge on any atom is 0.416 e. The van der Waals surface area contributed by atoms with E-state index in [1.807, 2.05) is 36.4 Å². The number of rotatable bonds is 9. The molecule has 1 atom stereocenters. The second-order valence-corrected chi connectivity index (χ2v) is 8.48. The van der Waals surface area contributed by atoms with Gasteiger partial charge in [0.25, 0.3) is 0 Å². The number of aromatic nitrogens is 2. The Morgan fingerprint density at radius 3 is 2.56 bits per heavy atom. The Balaban J connectivity index is 1.43. The molecule has 1 heterocycles. The zero-order chi connectivity index (χ0) is 24.1. The first kappa shape index (κ1) is 23.8. The summed E-state index contributed by atoms with van der Waals surface area (Å²) >= 11 is 0. The largest absolute Gasteiger partial charge is 0.493 e. The third-order valence-electron chi connectivity index (χ3n) is 5.89. The molecule has 7 heteroatoms. The summed E-state index contributed by atoms with van der Waals surface area (Å²) < 4.78 is 50.7. The molecule has 0 amide bonds. The number of alkyl halides is 3. The Labute approximate surface area is 196 Å². The van der Waals surface area contributed by atoms with Gasteiger partial charge in [0.05, 0.1) is 12.2 Å². The molecule has 0 radical (unpaired) electrons. The highest BCUT2D eigenvalue weighted by Gasteiger charge is 2.32. The molecule has 1 aromatic heterocycles. The predicted octanol–water partition coefficient (Wildman–Crippen LogP) is 7.82. The molecule has 0 saturated carbocycles. The summed E-state index contributed by atoms with van der Waals surface area (Å²) in [7, 11) is 0. The van der Waals surface area contributed by atoms with Crippen LogP contribution in [0.1, 0.15) is 56.0 Å². The molecule has 0 saturated heterocycles. The van der Waals surface area contributed by atoms with Crippen molar-refractivity contribution in [3.05, 3.63) is 77.7 Å². The second kappa shape index (κ2) is 10.3. The zero-order valence-electron chi connectivity index (χ0n) is 19.2. The molecular formula is C27H27F3N2O2. The molecule has 4 nitrogen and oxygen atoms in total. The highest BCUT2D eigenvalue weighted by molar-refractivity contribution is 5.87. The van der Waals surface area contributed by atoms with Gasteiger partial charge < -0.3 is 9.26 Å². The molecule has 178 valence electrons. The Morgan fingerprint density at radius 2 is 1.76 bits per heavy atom. The molecule has 4 aromatic rings. The van der Waals surface area contributed by atoms with E-state index in [9.17, 15) is 13.2 Å². The van der Waals surface area contributed by atoms with Crippen molar-refractivity contribution in [3.63, 3.8) is 0 Å².